The summed E-state index contributed by atoms with van der Waals surface area (Å²) in [4.78, 5) is 29.4. The summed E-state index contributed by atoms with van der Waals surface area (Å²) in [6.07, 6.45) is -0.934. The van der Waals surface area contributed by atoms with Crippen LogP contribution in [0.1, 0.15) is 38.7 Å². The zero-order chi connectivity index (χ0) is 25.2. The van der Waals surface area contributed by atoms with Crippen molar-refractivity contribution in [2.45, 2.75) is 33.1 Å². The number of alkyl halides is 3. The van der Waals surface area contributed by atoms with Crippen LogP contribution >= 0.6 is 0 Å². The van der Waals surface area contributed by atoms with Crippen LogP contribution in [-0.4, -0.2) is 25.2 Å². The number of imidazole rings is 1. The number of nitrogens with one attached hydrogen (secondary N) is 1. The van der Waals surface area contributed by atoms with E-state index in [4.69, 9.17) is 0 Å². The largest absolute Gasteiger partial charge is 0.416 e. The Morgan fingerprint density at radius 3 is 2.49 bits per heavy atom. The second-order valence-corrected chi connectivity index (χ2v) is 8.06. The Balaban J connectivity index is 1.53. The van der Waals surface area contributed by atoms with Gasteiger partial charge < -0.3 is 9.88 Å². The van der Waals surface area contributed by atoms with Gasteiger partial charge in [0.05, 0.1) is 11.3 Å². The highest BCUT2D eigenvalue weighted by Crippen LogP contribution is 2.30. The molecule has 1 amide bonds. The van der Waals surface area contributed by atoms with Gasteiger partial charge in [-0.1, -0.05) is 30.3 Å². The van der Waals surface area contributed by atoms with E-state index in [2.05, 4.69) is 15.4 Å². The van der Waals surface area contributed by atoms with Crippen LogP contribution in [0.3, 0.4) is 0 Å². The van der Waals surface area contributed by atoms with Crippen LogP contribution in [0, 0.1) is 13.8 Å². The number of aryl methyl sites for hydroxylation is 2. The first kappa shape index (κ1) is 23.9. The van der Waals surface area contributed by atoms with Gasteiger partial charge in [-0.05, 0) is 43.2 Å². The normalized spacial score (nSPS) is 11.5. The summed E-state index contributed by atoms with van der Waals surface area (Å²) in [6, 6.07) is 13.3. The van der Waals surface area contributed by atoms with Crippen molar-refractivity contribution < 1.29 is 18.0 Å². The average Bonchev–Trinajstić information content (AvgIpc) is 3.21. The van der Waals surface area contributed by atoms with Crippen LogP contribution in [0.4, 0.5) is 13.2 Å². The number of aromatic nitrogens is 4. The van der Waals surface area contributed by atoms with E-state index in [-0.39, 0.29) is 12.2 Å². The van der Waals surface area contributed by atoms with Crippen molar-refractivity contribution >= 4 is 5.91 Å². The minimum absolute atomic E-state index is 0.0915. The fourth-order valence-corrected chi connectivity index (χ4v) is 3.65. The smallest absolute Gasteiger partial charge is 0.346 e. The first-order valence-electron chi connectivity index (χ1n) is 10.7. The van der Waals surface area contributed by atoms with Crippen molar-refractivity contribution in [1.82, 2.24) is 24.6 Å². The Bertz CT molecular complexity index is 1440. The molecule has 0 saturated carbocycles. The fourth-order valence-electron chi connectivity index (χ4n) is 3.65. The molecule has 4 aromatic rings. The standard InChI is InChI=1S/C25H22F3N5O2/c1-16-11-22(34)23(31-33(16)21-8-4-7-20(13-21)25(26,27)28)24(35)30-14-18-5-3-6-19(12-18)15-32-10-9-29-17(32)2/h3-13H,14-15H2,1-2H3,(H,30,35). The lowest BCUT2D eigenvalue weighted by atomic mass is 10.1. The molecule has 0 spiro atoms. The van der Waals surface area contributed by atoms with Crippen molar-refractivity contribution in [3.05, 3.63) is 111 Å². The number of rotatable bonds is 6. The number of benzene rings is 2. The Labute approximate surface area is 198 Å². The first-order chi connectivity index (χ1) is 16.6. The lowest BCUT2D eigenvalue weighted by molar-refractivity contribution is -0.137. The molecule has 0 aliphatic rings. The molecule has 2 aromatic carbocycles. The van der Waals surface area contributed by atoms with Crippen LogP contribution in [0.25, 0.3) is 5.69 Å². The van der Waals surface area contributed by atoms with Gasteiger partial charge in [0.1, 0.15) is 5.82 Å². The summed E-state index contributed by atoms with van der Waals surface area (Å²) >= 11 is 0. The molecule has 0 bridgehead atoms. The highest BCUT2D eigenvalue weighted by atomic mass is 19.4. The molecule has 0 atom stereocenters. The predicted molar refractivity (Wildman–Crippen MR) is 123 cm³/mol. The predicted octanol–water partition coefficient (Wildman–Crippen LogP) is 4.04. The zero-order valence-corrected chi connectivity index (χ0v) is 19.0. The van der Waals surface area contributed by atoms with Gasteiger partial charge in [0.2, 0.25) is 5.43 Å². The molecule has 10 heteroatoms. The first-order valence-corrected chi connectivity index (χ1v) is 10.7. The van der Waals surface area contributed by atoms with Gasteiger partial charge in [-0.3, -0.25) is 9.59 Å². The quantitative estimate of drug-likeness (QED) is 0.451. The Kier molecular flexibility index (Phi) is 6.54. The summed E-state index contributed by atoms with van der Waals surface area (Å²) < 4.78 is 42.5. The number of carbonyl (C=O) groups excluding carboxylic acids is 1. The fraction of sp³-hybridized carbons (Fsp3) is 0.200. The molecule has 4 rings (SSSR count). The van der Waals surface area contributed by atoms with Crippen LogP contribution in [-0.2, 0) is 19.3 Å². The summed E-state index contributed by atoms with van der Waals surface area (Å²) in [6.45, 7) is 4.21. The van der Waals surface area contributed by atoms with E-state index in [0.29, 0.717) is 12.2 Å². The van der Waals surface area contributed by atoms with Crippen LogP contribution < -0.4 is 10.7 Å². The zero-order valence-electron chi connectivity index (χ0n) is 19.0. The SMILES string of the molecule is Cc1nccn1Cc1cccc(CNC(=O)c2nn(-c3cccc(C(F)(F)F)c3)c(C)cc2=O)c1. The van der Waals surface area contributed by atoms with Crippen molar-refractivity contribution in [1.29, 1.82) is 0 Å². The molecule has 2 aromatic heterocycles. The Morgan fingerprint density at radius 2 is 1.77 bits per heavy atom. The molecule has 0 aliphatic heterocycles. The van der Waals surface area contributed by atoms with Gasteiger partial charge in [0.25, 0.3) is 5.91 Å². The minimum Gasteiger partial charge on any atom is -0.346 e. The van der Waals surface area contributed by atoms with E-state index in [9.17, 15) is 22.8 Å². The topological polar surface area (TPSA) is 81.8 Å². The summed E-state index contributed by atoms with van der Waals surface area (Å²) in [7, 11) is 0. The van der Waals surface area contributed by atoms with E-state index in [1.807, 2.05) is 42.0 Å². The van der Waals surface area contributed by atoms with Gasteiger partial charge in [0, 0.05) is 37.2 Å². The summed E-state index contributed by atoms with van der Waals surface area (Å²) in [5.41, 5.74) is 0.344. The Hall–Kier alpha value is -4.21. The van der Waals surface area contributed by atoms with Gasteiger partial charge in [0.15, 0.2) is 5.69 Å². The van der Waals surface area contributed by atoms with Gasteiger partial charge in [-0.15, -0.1) is 0 Å². The maximum absolute atomic E-state index is 13.1. The number of hydrogen-bond donors (Lipinski definition) is 1. The number of nitrogens with zero attached hydrogens (tertiary/aromatic N) is 4. The molecule has 35 heavy (non-hydrogen) atoms. The molecule has 180 valence electrons. The molecule has 1 N–H and O–H groups in total. The second kappa shape index (κ2) is 9.57. The highest BCUT2D eigenvalue weighted by Gasteiger charge is 2.30. The third-order valence-electron chi connectivity index (χ3n) is 5.46. The molecule has 0 radical (unpaired) electrons. The third kappa shape index (κ3) is 5.48. The van der Waals surface area contributed by atoms with Gasteiger partial charge >= 0.3 is 6.18 Å². The minimum atomic E-state index is -4.53. The summed E-state index contributed by atoms with van der Waals surface area (Å²) in [5.74, 6) is 0.165. The van der Waals surface area contributed by atoms with Crippen molar-refractivity contribution in [3.63, 3.8) is 0 Å². The average molecular weight is 481 g/mol. The number of halogens is 3. The Morgan fingerprint density at radius 1 is 1.03 bits per heavy atom. The number of carbonyl (C=O) groups is 1. The molecular formula is C25H22F3N5O2. The van der Waals surface area contributed by atoms with Crippen LogP contribution in [0.15, 0.2) is 71.8 Å². The lowest BCUT2D eigenvalue weighted by Crippen LogP contribution is -2.31. The monoisotopic (exact) mass is 481 g/mol. The molecular weight excluding hydrogens is 459 g/mol. The van der Waals surface area contributed by atoms with Gasteiger partial charge in [-0.25, -0.2) is 9.67 Å². The molecule has 0 unspecified atom stereocenters. The van der Waals surface area contributed by atoms with E-state index in [0.717, 1.165) is 33.8 Å². The molecule has 0 aliphatic carbocycles. The summed E-state index contributed by atoms with van der Waals surface area (Å²) in [5, 5.41) is 6.74. The van der Waals surface area contributed by atoms with Gasteiger partial charge in [-0.2, -0.15) is 18.3 Å². The molecule has 0 fully saturated rings. The van der Waals surface area contributed by atoms with Crippen molar-refractivity contribution in [3.8, 4) is 5.69 Å². The molecule has 7 nitrogen and oxygen atoms in total. The number of hydrogen-bond acceptors (Lipinski definition) is 4. The second-order valence-electron chi connectivity index (χ2n) is 8.06. The maximum atomic E-state index is 13.1. The van der Waals surface area contributed by atoms with Crippen LogP contribution in [0.2, 0.25) is 0 Å². The van der Waals surface area contributed by atoms with Crippen LogP contribution in [0.5, 0.6) is 0 Å². The van der Waals surface area contributed by atoms with Crippen molar-refractivity contribution in [2.75, 3.05) is 0 Å². The maximum Gasteiger partial charge on any atom is 0.416 e. The van der Waals surface area contributed by atoms with E-state index in [1.54, 1.807) is 6.20 Å². The lowest BCUT2D eigenvalue weighted by Gasteiger charge is -2.14. The molecule has 0 saturated heterocycles. The number of amides is 1. The highest BCUT2D eigenvalue weighted by molar-refractivity contribution is 5.92. The molecule has 2 heterocycles. The third-order valence-corrected chi connectivity index (χ3v) is 5.46. The van der Waals surface area contributed by atoms with E-state index >= 15 is 0 Å². The van der Waals surface area contributed by atoms with Crippen molar-refractivity contribution in [2.24, 2.45) is 0 Å². The van der Waals surface area contributed by atoms with E-state index in [1.165, 1.54) is 25.1 Å². The van der Waals surface area contributed by atoms with E-state index < -0.39 is 28.8 Å².